The van der Waals surface area contributed by atoms with Crippen LogP contribution in [0.2, 0.25) is 0 Å². The second-order valence-corrected chi connectivity index (χ2v) is 7.45. The third kappa shape index (κ3) is 11.0. The third-order valence-corrected chi connectivity index (χ3v) is 5.23. The molecule has 0 rings (SSSR count). The summed E-state index contributed by atoms with van der Waals surface area (Å²) < 4.78 is 0. The molecule has 5 N–H and O–H groups in total. The van der Waals surface area contributed by atoms with E-state index in [1.165, 1.54) is 21.6 Å². The molecule has 0 aromatic rings. The van der Waals surface area contributed by atoms with Crippen molar-refractivity contribution in [3.63, 3.8) is 0 Å². The molecule has 23 heavy (non-hydrogen) atoms. The van der Waals surface area contributed by atoms with Crippen molar-refractivity contribution in [2.24, 2.45) is 5.73 Å². The van der Waals surface area contributed by atoms with E-state index in [1.807, 2.05) is 6.92 Å². The number of carbonyl (C=O) groups is 4. The second-order valence-electron chi connectivity index (χ2n) is 4.65. The molecule has 2 atom stereocenters. The first-order valence-corrected chi connectivity index (χ1v) is 9.53. The minimum atomic E-state index is -1.19. The molecular formula is C13H22N2O6S2. The average molecular weight is 366 g/mol. The van der Waals surface area contributed by atoms with Gasteiger partial charge in [0.1, 0.15) is 6.04 Å². The maximum Gasteiger partial charge on any atom is 0.320 e. The molecule has 10 heteroatoms. The Morgan fingerprint density at radius 3 is 2.26 bits per heavy atom. The molecule has 0 saturated heterocycles. The van der Waals surface area contributed by atoms with Gasteiger partial charge in [-0.2, -0.15) is 0 Å². The van der Waals surface area contributed by atoms with Crippen LogP contribution in [0.1, 0.15) is 32.6 Å². The molecule has 0 radical (unpaired) electrons. The van der Waals surface area contributed by atoms with Crippen molar-refractivity contribution in [3.8, 4) is 0 Å². The first-order valence-electron chi connectivity index (χ1n) is 7.04. The standard InChI is InChI=1S/C13H22N2O6S2/c1-2-22-23-7-9(10(16)4-6-12(18)19)15-11(17)5-3-8(14)13(20)21/h8-9H,2-7,14H2,1H3,(H,15,17)(H,18,19)(H,20,21)/t8-,9-/m0/s1. The van der Waals surface area contributed by atoms with E-state index in [0.29, 0.717) is 5.75 Å². The lowest BCUT2D eigenvalue weighted by Crippen LogP contribution is -2.43. The van der Waals surface area contributed by atoms with Gasteiger partial charge in [0.25, 0.3) is 0 Å². The first kappa shape index (κ1) is 21.7. The van der Waals surface area contributed by atoms with Crippen molar-refractivity contribution in [1.82, 2.24) is 5.32 Å². The van der Waals surface area contributed by atoms with Gasteiger partial charge >= 0.3 is 11.9 Å². The van der Waals surface area contributed by atoms with Crippen LogP contribution in [0.4, 0.5) is 0 Å². The number of Topliss-reactive ketones (excluding diaryl/α,β-unsaturated/α-hetero) is 1. The van der Waals surface area contributed by atoms with Crippen LogP contribution in [0.3, 0.4) is 0 Å². The van der Waals surface area contributed by atoms with Crippen molar-refractivity contribution in [2.75, 3.05) is 11.5 Å². The van der Waals surface area contributed by atoms with Gasteiger partial charge in [-0.05, 0) is 6.42 Å². The Balaban J connectivity index is 4.48. The van der Waals surface area contributed by atoms with Gasteiger partial charge in [-0.25, -0.2) is 0 Å². The fraction of sp³-hybridized carbons (Fsp3) is 0.692. The van der Waals surface area contributed by atoms with Crippen molar-refractivity contribution >= 4 is 45.2 Å². The number of nitrogens with one attached hydrogen (secondary N) is 1. The highest BCUT2D eigenvalue weighted by Gasteiger charge is 2.22. The molecule has 0 unspecified atom stereocenters. The summed E-state index contributed by atoms with van der Waals surface area (Å²) in [5.41, 5.74) is 5.32. The fourth-order valence-corrected chi connectivity index (χ4v) is 3.36. The van der Waals surface area contributed by atoms with Crippen LogP contribution in [0, 0.1) is 0 Å². The van der Waals surface area contributed by atoms with E-state index in [1.54, 1.807) is 0 Å². The number of ketones is 1. The fourth-order valence-electron chi connectivity index (χ4n) is 1.50. The summed E-state index contributed by atoms with van der Waals surface area (Å²) in [6.45, 7) is 1.95. The third-order valence-electron chi connectivity index (χ3n) is 2.74. The summed E-state index contributed by atoms with van der Waals surface area (Å²) in [7, 11) is 2.94. The number of amides is 1. The van der Waals surface area contributed by atoms with Crippen LogP contribution in [0.25, 0.3) is 0 Å². The minimum Gasteiger partial charge on any atom is -0.481 e. The molecule has 0 aliphatic rings. The minimum absolute atomic E-state index is 0.0337. The van der Waals surface area contributed by atoms with E-state index in [9.17, 15) is 19.2 Å². The second kappa shape index (κ2) is 12.2. The molecule has 0 spiro atoms. The van der Waals surface area contributed by atoms with Crippen molar-refractivity contribution in [3.05, 3.63) is 0 Å². The average Bonchev–Trinajstić information content (AvgIpc) is 2.49. The smallest absolute Gasteiger partial charge is 0.320 e. The number of carboxylic acids is 2. The van der Waals surface area contributed by atoms with Gasteiger partial charge in [-0.15, -0.1) is 0 Å². The van der Waals surface area contributed by atoms with Crippen molar-refractivity contribution in [1.29, 1.82) is 0 Å². The molecule has 0 saturated carbocycles. The Morgan fingerprint density at radius 2 is 1.74 bits per heavy atom. The molecule has 0 fully saturated rings. The Kier molecular flexibility index (Phi) is 11.5. The highest BCUT2D eigenvalue weighted by atomic mass is 33.1. The number of hydrogen-bond donors (Lipinski definition) is 4. The largest absolute Gasteiger partial charge is 0.481 e. The van der Waals surface area contributed by atoms with Crippen LogP contribution < -0.4 is 11.1 Å². The normalized spacial score (nSPS) is 13.1. The Labute approximate surface area is 142 Å². The van der Waals surface area contributed by atoms with Gasteiger partial charge in [0.15, 0.2) is 5.78 Å². The summed E-state index contributed by atoms with van der Waals surface area (Å²) in [5.74, 6) is -1.94. The quantitative estimate of drug-likeness (QED) is 0.270. The van der Waals surface area contributed by atoms with Crippen molar-refractivity contribution in [2.45, 2.75) is 44.7 Å². The predicted octanol–water partition coefficient (Wildman–Crippen LogP) is 0.499. The number of hydrogen-bond acceptors (Lipinski definition) is 7. The molecular weight excluding hydrogens is 344 g/mol. The first-order chi connectivity index (χ1) is 10.8. The van der Waals surface area contributed by atoms with Crippen LogP contribution >= 0.6 is 21.6 Å². The summed E-state index contributed by atoms with van der Waals surface area (Å²) in [6, 6.07) is -1.92. The monoisotopic (exact) mass is 366 g/mol. The number of rotatable bonds is 13. The Morgan fingerprint density at radius 1 is 1.09 bits per heavy atom. The predicted molar refractivity (Wildman–Crippen MR) is 89.2 cm³/mol. The SMILES string of the molecule is CCSSC[C@H](NC(=O)CC[C@H](N)C(=O)O)C(=O)CCC(=O)O. The molecule has 8 nitrogen and oxygen atoms in total. The zero-order valence-corrected chi connectivity index (χ0v) is 14.5. The number of carboxylic acid groups (broad SMARTS) is 2. The van der Waals surface area contributed by atoms with E-state index < -0.39 is 29.9 Å². The van der Waals surface area contributed by atoms with Gasteiger partial charge in [0.05, 0.1) is 12.5 Å². The zero-order valence-electron chi connectivity index (χ0n) is 12.8. The molecule has 0 aliphatic carbocycles. The highest BCUT2D eigenvalue weighted by molar-refractivity contribution is 8.76. The molecule has 0 aliphatic heterocycles. The molecule has 0 aromatic heterocycles. The maximum atomic E-state index is 12.0. The summed E-state index contributed by atoms with van der Waals surface area (Å²) in [4.78, 5) is 44.9. The molecule has 0 aromatic carbocycles. The highest BCUT2D eigenvalue weighted by Crippen LogP contribution is 2.22. The number of aliphatic carboxylic acids is 2. The lowest BCUT2D eigenvalue weighted by molar-refractivity contribution is -0.139. The van der Waals surface area contributed by atoms with Gasteiger partial charge < -0.3 is 21.3 Å². The topological polar surface area (TPSA) is 147 Å². The van der Waals surface area contributed by atoms with Gasteiger partial charge in [0.2, 0.25) is 5.91 Å². The zero-order chi connectivity index (χ0) is 17.8. The van der Waals surface area contributed by atoms with Gasteiger partial charge in [-0.1, -0.05) is 28.5 Å². The molecule has 0 bridgehead atoms. The van der Waals surface area contributed by atoms with Crippen LogP contribution in [-0.4, -0.2) is 57.4 Å². The lowest BCUT2D eigenvalue weighted by atomic mass is 10.1. The maximum absolute atomic E-state index is 12.0. The summed E-state index contributed by atoms with van der Waals surface area (Å²) in [6.07, 6.45) is -0.594. The Bertz CT molecular complexity index is 433. The lowest BCUT2D eigenvalue weighted by Gasteiger charge is -2.17. The van der Waals surface area contributed by atoms with Crippen LogP contribution in [0.5, 0.6) is 0 Å². The van der Waals surface area contributed by atoms with E-state index >= 15 is 0 Å². The van der Waals surface area contributed by atoms with E-state index in [4.69, 9.17) is 15.9 Å². The van der Waals surface area contributed by atoms with Crippen molar-refractivity contribution < 1.29 is 29.4 Å². The van der Waals surface area contributed by atoms with E-state index in [0.717, 1.165) is 5.75 Å². The van der Waals surface area contributed by atoms with Crippen LogP contribution in [-0.2, 0) is 19.2 Å². The van der Waals surface area contributed by atoms with E-state index in [2.05, 4.69) is 5.32 Å². The molecule has 1 amide bonds. The summed E-state index contributed by atoms with van der Waals surface area (Å²) in [5, 5.41) is 19.8. The van der Waals surface area contributed by atoms with Crippen LogP contribution in [0.15, 0.2) is 0 Å². The van der Waals surface area contributed by atoms with Gasteiger partial charge in [0, 0.05) is 24.3 Å². The Hall–Kier alpha value is -1.26. The van der Waals surface area contributed by atoms with E-state index in [-0.39, 0.29) is 31.5 Å². The number of nitrogens with two attached hydrogens (primary N) is 1. The molecule has 0 heterocycles. The number of carbonyl (C=O) groups excluding carboxylic acids is 2. The summed E-state index contributed by atoms with van der Waals surface area (Å²) >= 11 is 0. The molecule has 132 valence electrons. The van der Waals surface area contributed by atoms with Gasteiger partial charge in [-0.3, -0.25) is 19.2 Å².